The standard InChI is InChI=1S/C24H27N7O4/c1-25-21-8-17(28-23-15(10-27-31(21)23)24(33)29-16-5-6-19(16)32)14-9-26-22-13(14)4-3-7-30(22)18-11-35-12-20(18)34-2/h3-4,7-10,16,18-20,25,32H,5-6,11-12H2,1-2H3,(H,29,33)/t16-,18-,19-,20-/m1/s1. The number of aromatic nitrogens is 5. The fraction of sp³-hybridized carbons (Fsp3) is 0.417. The van der Waals surface area contributed by atoms with E-state index in [1.165, 1.54) is 6.20 Å². The molecule has 11 heteroatoms. The third-order valence-electron chi connectivity index (χ3n) is 7.06. The summed E-state index contributed by atoms with van der Waals surface area (Å²) in [4.78, 5) is 22.5. The van der Waals surface area contributed by atoms with Gasteiger partial charge in [-0.05, 0) is 25.0 Å². The van der Waals surface area contributed by atoms with Crippen LogP contribution in [0.1, 0.15) is 29.2 Å². The van der Waals surface area contributed by atoms with Crippen molar-refractivity contribution in [2.75, 3.05) is 32.7 Å². The van der Waals surface area contributed by atoms with Gasteiger partial charge in [0.25, 0.3) is 5.91 Å². The van der Waals surface area contributed by atoms with Gasteiger partial charge in [-0.1, -0.05) is 0 Å². The first-order valence-corrected chi connectivity index (χ1v) is 11.7. The van der Waals surface area contributed by atoms with E-state index in [9.17, 15) is 9.90 Å². The minimum Gasteiger partial charge on any atom is -0.391 e. The number of nitrogens with one attached hydrogen (secondary N) is 2. The number of methoxy groups -OCH3 is 1. The highest BCUT2D eigenvalue weighted by molar-refractivity contribution is 6.00. The molecule has 3 aliphatic heterocycles. The minimum absolute atomic E-state index is 0.0294. The third kappa shape index (κ3) is 3.54. The molecule has 0 aromatic carbocycles. The van der Waals surface area contributed by atoms with Gasteiger partial charge < -0.3 is 29.8 Å². The number of rotatable bonds is 6. The molecule has 182 valence electrons. The molecule has 2 fully saturated rings. The molecule has 0 bridgehead atoms. The summed E-state index contributed by atoms with van der Waals surface area (Å²) in [5, 5.41) is 20.3. The largest absolute Gasteiger partial charge is 0.391 e. The van der Waals surface area contributed by atoms with Crippen molar-refractivity contribution in [2.24, 2.45) is 0 Å². The number of carbonyl (C=O) groups is 1. The van der Waals surface area contributed by atoms with Crippen molar-refractivity contribution in [1.82, 2.24) is 29.5 Å². The highest BCUT2D eigenvalue weighted by Gasteiger charge is 2.33. The normalized spacial score (nSPS) is 24.1. The number of hydrogen-bond acceptors (Lipinski definition) is 8. The molecule has 1 amide bonds. The summed E-state index contributed by atoms with van der Waals surface area (Å²) >= 11 is 0. The Bertz CT molecular complexity index is 1370. The molecule has 0 unspecified atom stereocenters. The maximum Gasteiger partial charge on any atom is 0.257 e. The van der Waals surface area contributed by atoms with Crippen molar-refractivity contribution < 1.29 is 19.4 Å². The number of carbonyl (C=O) groups excluding carboxylic acids is 1. The van der Waals surface area contributed by atoms with E-state index in [1.807, 2.05) is 24.4 Å². The fourth-order valence-corrected chi connectivity index (χ4v) is 4.87. The van der Waals surface area contributed by atoms with E-state index >= 15 is 0 Å². The molecule has 1 aliphatic carbocycles. The SMILES string of the molecule is CNc1cc(-c2cnc3n([C@@H]4COC[C@H]4OC)cccc2-3)nc2c(C(=O)N[C@@H]3CC[C@H]3O)cnn12. The first-order chi connectivity index (χ1) is 17.1. The van der Waals surface area contributed by atoms with Gasteiger partial charge in [0, 0.05) is 43.7 Å². The maximum atomic E-state index is 13.0. The van der Waals surface area contributed by atoms with Crippen LogP contribution in [-0.2, 0) is 9.47 Å². The molecule has 0 radical (unpaired) electrons. The lowest BCUT2D eigenvalue weighted by Gasteiger charge is -2.32. The Kier molecular flexibility index (Phi) is 5.39. The molecular weight excluding hydrogens is 450 g/mol. The van der Waals surface area contributed by atoms with E-state index in [0.29, 0.717) is 42.4 Å². The lowest BCUT2D eigenvalue weighted by Crippen LogP contribution is -2.50. The van der Waals surface area contributed by atoms with E-state index in [2.05, 4.69) is 20.3 Å². The zero-order valence-corrected chi connectivity index (χ0v) is 19.5. The molecule has 1 saturated carbocycles. The van der Waals surface area contributed by atoms with Crippen LogP contribution in [0.4, 0.5) is 5.82 Å². The van der Waals surface area contributed by atoms with Crippen molar-refractivity contribution in [2.45, 2.75) is 37.1 Å². The number of aliphatic hydroxyl groups excluding tert-OH is 1. The Morgan fingerprint density at radius 1 is 1.26 bits per heavy atom. The Morgan fingerprint density at radius 3 is 2.89 bits per heavy atom. The molecule has 0 spiro atoms. The third-order valence-corrected chi connectivity index (χ3v) is 7.06. The van der Waals surface area contributed by atoms with Gasteiger partial charge >= 0.3 is 0 Å². The van der Waals surface area contributed by atoms with E-state index in [1.54, 1.807) is 24.9 Å². The summed E-state index contributed by atoms with van der Waals surface area (Å²) in [5.41, 5.74) is 3.25. The summed E-state index contributed by atoms with van der Waals surface area (Å²) in [6, 6.07) is 5.68. The van der Waals surface area contributed by atoms with Crippen LogP contribution < -0.4 is 10.6 Å². The average molecular weight is 478 g/mol. The zero-order chi connectivity index (χ0) is 24.1. The van der Waals surface area contributed by atoms with Gasteiger partial charge in [-0.15, -0.1) is 0 Å². The molecule has 3 N–H and O–H groups in total. The van der Waals surface area contributed by atoms with Crippen LogP contribution in [0.3, 0.4) is 0 Å². The number of anilines is 1. The second kappa shape index (κ2) is 8.59. The highest BCUT2D eigenvalue weighted by atomic mass is 16.5. The number of pyridine rings is 1. The predicted octanol–water partition coefficient (Wildman–Crippen LogP) is 1.58. The minimum atomic E-state index is -0.506. The monoisotopic (exact) mass is 477 g/mol. The number of aliphatic hydroxyl groups is 1. The Balaban J connectivity index is 1.40. The van der Waals surface area contributed by atoms with Crippen molar-refractivity contribution in [3.05, 3.63) is 42.4 Å². The summed E-state index contributed by atoms with van der Waals surface area (Å²) in [7, 11) is 3.49. The highest BCUT2D eigenvalue weighted by Crippen LogP contribution is 2.36. The smallest absolute Gasteiger partial charge is 0.257 e. The number of fused-ring (bicyclic) bond motifs is 2. The molecule has 35 heavy (non-hydrogen) atoms. The quantitative estimate of drug-likeness (QED) is 0.382. The number of amides is 1. The molecule has 5 heterocycles. The van der Waals surface area contributed by atoms with Gasteiger partial charge in [0.1, 0.15) is 23.3 Å². The molecule has 2 aromatic rings. The van der Waals surface area contributed by atoms with Crippen LogP contribution in [0.5, 0.6) is 0 Å². The maximum absolute atomic E-state index is 13.0. The van der Waals surface area contributed by atoms with E-state index in [0.717, 1.165) is 23.4 Å². The van der Waals surface area contributed by atoms with Crippen molar-refractivity contribution in [3.63, 3.8) is 0 Å². The zero-order valence-electron chi connectivity index (χ0n) is 19.5. The van der Waals surface area contributed by atoms with Crippen LogP contribution in [0.2, 0.25) is 0 Å². The summed E-state index contributed by atoms with van der Waals surface area (Å²) in [6.45, 7) is 1.11. The second-order valence-electron chi connectivity index (χ2n) is 9.00. The van der Waals surface area contributed by atoms with Crippen LogP contribution in [0.25, 0.3) is 28.3 Å². The molecule has 6 rings (SSSR count). The van der Waals surface area contributed by atoms with Gasteiger partial charge in [0.2, 0.25) is 0 Å². The predicted molar refractivity (Wildman–Crippen MR) is 128 cm³/mol. The van der Waals surface area contributed by atoms with Gasteiger partial charge in [0.05, 0.1) is 43.3 Å². The molecule has 4 aliphatic rings. The Hall–Kier alpha value is -3.54. The summed E-state index contributed by atoms with van der Waals surface area (Å²) in [5.74, 6) is 1.21. The molecule has 11 nitrogen and oxygen atoms in total. The van der Waals surface area contributed by atoms with Gasteiger partial charge in [-0.25, -0.2) is 9.97 Å². The lowest BCUT2D eigenvalue weighted by molar-refractivity contribution is 0.0448. The van der Waals surface area contributed by atoms with Crippen molar-refractivity contribution in [3.8, 4) is 22.6 Å². The van der Waals surface area contributed by atoms with E-state index in [4.69, 9.17) is 19.4 Å². The Labute approximate surface area is 201 Å². The van der Waals surface area contributed by atoms with Gasteiger partial charge in [0.15, 0.2) is 5.65 Å². The first kappa shape index (κ1) is 22.0. The molecule has 2 aromatic heterocycles. The average Bonchev–Trinajstić information content (AvgIpc) is 3.63. The van der Waals surface area contributed by atoms with E-state index in [-0.39, 0.29) is 24.1 Å². The van der Waals surface area contributed by atoms with Gasteiger partial charge in [-0.2, -0.15) is 9.61 Å². The van der Waals surface area contributed by atoms with E-state index < -0.39 is 6.10 Å². The topological polar surface area (TPSA) is 128 Å². The molecule has 4 atom stereocenters. The van der Waals surface area contributed by atoms with Crippen LogP contribution in [-0.4, -0.2) is 80.8 Å². The first-order valence-electron chi connectivity index (χ1n) is 11.7. The number of hydrogen-bond donors (Lipinski definition) is 3. The van der Waals surface area contributed by atoms with Crippen LogP contribution in [0, 0.1) is 0 Å². The fourth-order valence-electron chi connectivity index (χ4n) is 4.87. The van der Waals surface area contributed by atoms with Crippen molar-refractivity contribution in [1.29, 1.82) is 0 Å². The van der Waals surface area contributed by atoms with Gasteiger partial charge in [-0.3, -0.25) is 4.79 Å². The molecular formula is C24H27N7O4. The van der Waals surface area contributed by atoms with Crippen LogP contribution >= 0.6 is 0 Å². The molecule has 1 saturated heterocycles. The Morgan fingerprint density at radius 2 is 2.14 bits per heavy atom. The van der Waals surface area contributed by atoms with Crippen molar-refractivity contribution >= 4 is 17.4 Å². The summed E-state index contributed by atoms with van der Waals surface area (Å²) in [6.07, 6.45) is 6.21. The lowest BCUT2D eigenvalue weighted by atomic mass is 9.89. The number of ether oxygens (including phenoxy) is 2. The van der Waals surface area contributed by atoms with Crippen LogP contribution in [0.15, 0.2) is 36.8 Å². The second-order valence-corrected chi connectivity index (χ2v) is 9.00. The summed E-state index contributed by atoms with van der Waals surface area (Å²) < 4.78 is 15.0. The number of nitrogens with zero attached hydrogens (tertiary/aromatic N) is 5.